The minimum Gasteiger partial charge on any atom is -0.455 e. The number of amides is 1. The maximum atomic E-state index is 13.8. The van der Waals surface area contributed by atoms with Gasteiger partial charge in [0.1, 0.15) is 17.2 Å². The van der Waals surface area contributed by atoms with Crippen molar-refractivity contribution in [3.63, 3.8) is 0 Å². The number of piperazine rings is 1. The molecule has 0 aliphatic carbocycles. The predicted octanol–water partition coefficient (Wildman–Crippen LogP) is 8.64. The minimum atomic E-state index is -4.55. The van der Waals surface area contributed by atoms with Crippen molar-refractivity contribution < 1.29 is 27.6 Å². The lowest BCUT2D eigenvalue weighted by molar-refractivity contribution is -0.384. The van der Waals surface area contributed by atoms with Gasteiger partial charge in [0, 0.05) is 75.3 Å². The number of carbonyl (C=O) groups is 1. The topological polar surface area (TPSA) is 143 Å². The molecule has 296 valence electrons. The van der Waals surface area contributed by atoms with Crippen LogP contribution >= 0.6 is 23.2 Å². The Bertz CT molecular complexity index is 2350. The number of nitrogens with zero attached hydrogens (tertiary/aromatic N) is 3. The van der Waals surface area contributed by atoms with Crippen LogP contribution in [0.25, 0.3) is 11.1 Å². The maximum absolute atomic E-state index is 13.8. The van der Waals surface area contributed by atoms with E-state index in [0.29, 0.717) is 42.9 Å². The van der Waals surface area contributed by atoms with Gasteiger partial charge in [-0.2, -0.15) is 0 Å². The number of benzene rings is 5. The van der Waals surface area contributed by atoms with Gasteiger partial charge >= 0.3 is 0 Å². The molecule has 0 saturated carbocycles. The van der Waals surface area contributed by atoms with Gasteiger partial charge in [0.25, 0.3) is 21.6 Å². The highest BCUT2D eigenvalue weighted by Crippen LogP contribution is 2.35. The molecule has 1 amide bonds. The lowest BCUT2D eigenvalue weighted by Crippen LogP contribution is -2.46. The summed E-state index contributed by atoms with van der Waals surface area (Å²) in [7, 11) is -4.55. The van der Waals surface area contributed by atoms with Crippen molar-refractivity contribution in [3.05, 3.63) is 140 Å². The van der Waals surface area contributed by atoms with Gasteiger partial charge in [-0.1, -0.05) is 71.7 Å². The smallest absolute Gasteiger partial charge is 0.293 e. The summed E-state index contributed by atoms with van der Waals surface area (Å²) in [6.07, 6.45) is 1.64. The number of para-hydroxylation sites is 1. The van der Waals surface area contributed by atoms with Crippen LogP contribution in [-0.2, 0) is 21.3 Å². The summed E-state index contributed by atoms with van der Waals surface area (Å²) in [5.74, 6) is -0.339. The lowest BCUT2D eigenvalue weighted by Gasteiger charge is -2.36. The fourth-order valence-electron chi connectivity index (χ4n) is 7.02. The van der Waals surface area contributed by atoms with Crippen LogP contribution in [0.15, 0.2) is 114 Å². The van der Waals surface area contributed by atoms with Crippen LogP contribution in [0, 0.1) is 16.0 Å². The van der Waals surface area contributed by atoms with E-state index in [-0.39, 0.29) is 28.7 Å². The summed E-state index contributed by atoms with van der Waals surface area (Å²) in [5, 5.41) is 16.1. The molecule has 2 saturated heterocycles. The van der Waals surface area contributed by atoms with Crippen molar-refractivity contribution in [2.24, 2.45) is 5.92 Å². The molecule has 2 aliphatic heterocycles. The van der Waals surface area contributed by atoms with Crippen molar-refractivity contribution in [2.45, 2.75) is 24.3 Å². The van der Waals surface area contributed by atoms with Crippen molar-refractivity contribution in [3.8, 4) is 22.6 Å². The second-order valence-corrected chi connectivity index (χ2v) is 16.5. The van der Waals surface area contributed by atoms with E-state index < -0.39 is 31.4 Å². The second kappa shape index (κ2) is 18.0. The molecular weight excluding hydrogens is 789 g/mol. The molecule has 0 aromatic heterocycles. The van der Waals surface area contributed by atoms with E-state index in [1.165, 1.54) is 23.8 Å². The number of rotatable bonds is 13. The molecule has 15 heteroatoms. The lowest BCUT2D eigenvalue weighted by atomic mass is 9.99. The van der Waals surface area contributed by atoms with Gasteiger partial charge in [0.2, 0.25) is 0 Å². The average molecular weight is 831 g/mol. The summed E-state index contributed by atoms with van der Waals surface area (Å²) in [4.78, 5) is 29.2. The fraction of sp³-hybridized carbons (Fsp3) is 0.262. The molecule has 0 unspecified atom stereocenters. The summed E-state index contributed by atoms with van der Waals surface area (Å²) < 4.78 is 40.8. The molecule has 0 bridgehead atoms. The van der Waals surface area contributed by atoms with Crippen LogP contribution in [0.5, 0.6) is 11.5 Å². The second-order valence-electron chi connectivity index (χ2n) is 13.9. The number of anilines is 2. The highest BCUT2D eigenvalue weighted by atomic mass is 35.5. The quantitative estimate of drug-likeness (QED) is 0.0875. The van der Waals surface area contributed by atoms with Crippen LogP contribution in [0.3, 0.4) is 0 Å². The first-order valence-corrected chi connectivity index (χ1v) is 20.8. The molecule has 0 spiro atoms. The third-order valence-corrected chi connectivity index (χ3v) is 12.1. The van der Waals surface area contributed by atoms with Gasteiger partial charge in [-0.05, 0) is 84.0 Å². The number of nitrogens with one attached hydrogen (secondary N) is 2. The Morgan fingerprint density at radius 1 is 0.860 bits per heavy atom. The van der Waals surface area contributed by atoms with E-state index in [9.17, 15) is 23.3 Å². The zero-order valence-corrected chi connectivity index (χ0v) is 33.2. The molecule has 0 atom stereocenters. The largest absolute Gasteiger partial charge is 0.455 e. The van der Waals surface area contributed by atoms with Crippen LogP contribution < -0.4 is 19.7 Å². The Balaban J connectivity index is 1.07. The maximum Gasteiger partial charge on any atom is 0.293 e. The SMILES string of the molecule is O=C(NS(=O)(=O)c1ccc(NCC2CCOCC2)c([N+](=O)[O-])c1)c1ccc(N2CCN(Cc3ccccc3-c3ccc(Cl)cc3)CC2)cc1Oc1ccccc1Cl. The Kier molecular flexibility index (Phi) is 12.6. The fourth-order valence-corrected chi connectivity index (χ4v) is 8.31. The zero-order chi connectivity index (χ0) is 39.9. The highest BCUT2D eigenvalue weighted by molar-refractivity contribution is 7.90. The molecule has 12 nitrogen and oxygen atoms in total. The third-order valence-electron chi connectivity index (χ3n) is 10.2. The van der Waals surface area contributed by atoms with Crippen molar-refractivity contribution >= 4 is 56.2 Å². The molecule has 0 radical (unpaired) electrons. The standard InChI is InChI=1S/C42H41Cl2N5O7S/c43-32-11-9-30(10-12-32)35-6-2-1-5-31(35)28-47-19-21-48(22-20-47)33-13-15-36(41(25-33)56-40-8-4-3-7-37(40)44)42(50)46-57(53,54)34-14-16-38(39(26-34)49(51)52)45-27-29-17-23-55-24-18-29/h1-16,25-26,29,45H,17-24,27-28H2,(H,46,50). The first-order chi connectivity index (χ1) is 27.5. The molecule has 5 aromatic carbocycles. The molecule has 2 heterocycles. The van der Waals surface area contributed by atoms with E-state index in [0.717, 1.165) is 55.4 Å². The van der Waals surface area contributed by atoms with Crippen LogP contribution in [0.1, 0.15) is 28.8 Å². The number of halogens is 2. The normalized spacial score (nSPS) is 15.2. The number of sulfonamides is 1. The Morgan fingerprint density at radius 3 is 2.32 bits per heavy atom. The number of nitro benzene ring substituents is 1. The van der Waals surface area contributed by atoms with Crippen molar-refractivity contribution in [1.29, 1.82) is 0 Å². The average Bonchev–Trinajstić information content (AvgIpc) is 3.22. The number of hydrogen-bond acceptors (Lipinski definition) is 10. The first kappa shape index (κ1) is 40.0. The summed E-state index contributed by atoms with van der Waals surface area (Å²) in [5.41, 5.74) is 3.94. The van der Waals surface area contributed by atoms with E-state index in [2.05, 4.69) is 32.0 Å². The Morgan fingerprint density at radius 2 is 1.58 bits per heavy atom. The first-order valence-electron chi connectivity index (χ1n) is 18.6. The summed E-state index contributed by atoms with van der Waals surface area (Å²) >= 11 is 12.6. The van der Waals surface area contributed by atoms with Gasteiger partial charge in [-0.3, -0.25) is 19.8 Å². The molecule has 7 rings (SSSR count). The summed E-state index contributed by atoms with van der Waals surface area (Å²) in [6.45, 7) is 5.41. The van der Waals surface area contributed by atoms with Gasteiger partial charge in [0.05, 0.1) is 20.4 Å². The Labute approximate surface area is 341 Å². The zero-order valence-electron chi connectivity index (χ0n) is 30.9. The minimum absolute atomic E-state index is 0.0658. The van der Waals surface area contributed by atoms with Gasteiger partial charge in [-0.25, -0.2) is 13.1 Å². The van der Waals surface area contributed by atoms with Crippen LogP contribution in [-0.4, -0.2) is 70.1 Å². The molecular formula is C42H41Cl2N5O7S. The van der Waals surface area contributed by atoms with E-state index in [1.807, 2.05) is 36.4 Å². The number of carbonyl (C=O) groups excluding carboxylic acids is 1. The number of hydrogen-bond donors (Lipinski definition) is 2. The van der Waals surface area contributed by atoms with Gasteiger partial charge in [0.15, 0.2) is 0 Å². The van der Waals surface area contributed by atoms with E-state index in [1.54, 1.807) is 36.4 Å². The van der Waals surface area contributed by atoms with Gasteiger partial charge < -0.3 is 19.7 Å². The predicted molar refractivity (Wildman–Crippen MR) is 222 cm³/mol. The van der Waals surface area contributed by atoms with Gasteiger partial charge in [-0.15, -0.1) is 0 Å². The van der Waals surface area contributed by atoms with E-state index >= 15 is 0 Å². The molecule has 5 aromatic rings. The highest BCUT2D eigenvalue weighted by Gasteiger charge is 2.27. The molecule has 2 aliphatic rings. The third kappa shape index (κ3) is 9.86. The summed E-state index contributed by atoms with van der Waals surface area (Å²) in [6, 6.07) is 31.4. The molecule has 57 heavy (non-hydrogen) atoms. The molecule has 2 fully saturated rings. The van der Waals surface area contributed by atoms with Crippen molar-refractivity contribution in [2.75, 3.05) is 56.2 Å². The van der Waals surface area contributed by atoms with Crippen LogP contribution in [0.4, 0.5) is 17.1 Å². The van der Waals surface area contributed by atoms with Crippen molar-refractivity contribution in [1.82, 2.24) is 9.62 Å². The monoisotopic (exact) mass is 829 g/mol. The molecule has 2 N–H and O–H groups in total. The number of nitro groups is 1. The van der Waals surface area contributed by atoms with E-state index in [4.69, 9.17) is 32.7 Å². The van der Waals surface area contributed by atoms with Crippen LogP contribution in [0.2, 0.25) is 10.0 Å². The Hall–Kier alpha value is -5.18. The number of ether oxygens (including phenoxy) is 2.